The van der Waals surface area contributed by atoms with Crippen LogP contribution in [0.15, 0.2) is 24.3 Å². The highest BCUT2D eigenvalue weighted by atomic mass is 19.4. The summed E-state index contributed by atoms with van der Waals surface area (Å²) in [4.78, 5) is 0. The highest BCUT2D eigenvalue weighted by molar-refractivity contribution is 5.30. The molecular formula is C12H8F10O2. The van der Waals surface area contributed by atoms with Crippen molar-refractivity contribution in [2.45, 2.75) is 36.7 Å². The quantitative estimate of drug-likeness (QED) is 0.716. The predicted octanol–water partition coefficient (Wildman–Crippen LogP) is 4.92. The van der Waals surface area contributed by atoms with Gasteiger partial charge >= 0.3 is 23.9 Å². The summed E-state index contributed by atoms with van der Waals surface area (Å²) in [6.45, 7) is 0. The third-order valence-corrected chi connectivity index (χ3v) is 2.73. The van der Waals surface area contributed by atoms with Crippen LogP contribution in [0.25, 0.3) is 0 Å². The largest absolute Gasteiger partial charge is 0.508 e. The molecule has 12 heteroatoms. The zero-order chi connectivity index (χ0) is 19.0. The van der Waals surface area contributed by atoms with E-state index < -0.39 is 42.5 Å². The average Bonchev–Trinajstić information content (AvgIpc) is 2.39. The van der Waals surface area contributed by atoms with Gasteiger partial charge in [0.2, 0.25) is 6.36 Å². The molecule has 1 aromatic carbocycles. The first-order valence-corrected chi connectivity index (χ1v) is 5.92. The van der Waals surface area contributed by atoms with Crippen molar-refractivity contribution in [1.29, 1.82) is 0 Å². The van der Waals surface area contributed by atoms with E-state index >= 15 is 0 Å². The van der Waals surface area contributed by atoms with Crippen LogP contribution in [-0.2, 0) is 0 Å². The number of rotatable bonds is 6. The molecule has 0 bridgehead atoms. The minimum absolute atomic E-state index is 0.348. The Morgan fingerprint density at radius 2 is 1.29 bits per heavy atom. The molecule has 1 rings (SSSR count). The van der Waals surface area contributed by atoms with Gasteiger partial charge in [0, 0.05) is 0 Å². The van der Waals surface area contributed by atoms with E-state index in [1.807, 2.05) is 0 Å². The van der Waals surface area contributed by atoms with Crippen molar-refractivity contribution in [3.63, 3.8) is 0 Å². The second-order valence-corrected chi connectivity index (χ2v) is 4.58. The molecular weight excluding hydrogens is 366 g/mol. The first-order chi connectivity index (χ1) is 10.6. The van der Waals surface area contributed by atoms with Gasteiger partial charge in [-0.15, -0.1) is 0 Å². The van der Waals surface area contributed by atoms with Crippen LogP contribution in [-0.4, -0.2) is 35.4 Å². The molecule has 0 aromatic heterocycles. The van der Waals surface area contributed by atoms with Crippen LogP contribution >= 0.6 is 0 Å². The van der Waals surface area contributed by atoms with Gasteiger partial charge in [-0.2, -0.15) is 39.5 Å². The summed E-state index contributed by atoms with van der Waals surface area (Å²) in [6, 6.07) is 3.43. The maximum atomic E-state index is 13.3. The first-order valence-electron chi connectivity index (χ1n) is 5.92. The molecule has 0 spiro atoms. The van der Waals surface area contributed by atoms with E-state index in [4.69, 9.17) is 5.11 Å². The third kappa shape index (κ3) is 3.78. The molecule has 1 unspecified atom stereocenters. The molecule has 0 radical (unpaired) electrons. The minimum Gasteiger partial charge on any atom is -0.508 e. The third-order valence-electron chi connectivity index (χ3n) is 2.73. The Bertz CT molecular complexity index is 552. The van der Waals surface area contributed by atoms with Crippen molar-refractivity contribution < 1.29 is 53.7 Å². The summed E-state index contributed by atoms with van der Waals surface area (Å²) >= 11 is 0. The Morgan fingerprint density at radius 3 is 1.71 bits per heavy atom. The van der Waals surface area contributed by atoms with E-state index in [0.29, 0.717) is 0 Å². The topological polar surface area (TPSA) is 29.5 Å². The number of phenolic OH excluding ortho intramolecular Hbond substituents is 1. The number of alkyl halides is 10. The predicted molar refractivity (Wildman–Crippen MR) is 59.1 cm³/mol. The molecule has 1 aromatic rings. The molecule has 0 aliphatic carbocycles. The molecule has 0 heterocycles. The number of halogens is 10. The highest BCUT2D eigenvalue weighted by Gasteiger charge is 2.81. The number of aromatic hydroxyl groups is 1. The lowest BCUT2D eigenvalue weighted by molar-refractivity contribution is -0.399. The van der Waals surface area contributed by atoms with Gasteiger partial charge in [-0.1, -0.05) is 0 Å². The summed E-state index contributed by atoms with van der Waals surface area (Å²) in [6.07, 6.45) is -13.0. The van der Waals surface area contributed by atoms with Gasteiger partial charge in [0.1, 0.15) is 11.5 Å². The second-order valence-electron chi connectivity index (χ2n) is 4.58. The van der Waals surface area contributed by atoms with Crippen LogP contribution < -0.4 is 4.74 Å². The van der Waals surface area contributed by atoms with Crippen molar-refractivity contribution in [2.24, 2.45) is 0 Å². The molecule has 2 nitrogen and oxygen atoms in total. The zero-order valence-corrected chi connectivity index (χ0v) is 11.2. The lowest BCUT2D eigenvalue weighted by Crippen LogP contribution is -2.61. The standard InChI is InChI=1S/C12H8F10O2/c13-8(24-7-3-1-6(23)2-4-7)5-9(14,15)10(16,17)11(18,19)12(20,21)22/h1-4,8,23H,5H2. The van der Waals surface area contributed by atoms with E-state index in [9.17, 15) is 43.9 Å². The first kappa shape index (κ1) is 20.2. The van der Waals surface area contributed by atoms with Crippen LogP contribution in [0.5, 0.6) is 11.5 Å². The highest BCUT2D eigenvalue weighted by Crippen LogP contribution is 2.54. The molecule has 1 atom stereocenters. The molecule has 24 heavy (non-hydrogen) atoms. The summed E-state index contributed by atoms with van der Waals surface area (Å²) < 4.78 is 130. The van der Waals surface area contributed by atoms with Gasteiger partial charge in [-0.3, -0.25) is 0 Å². The number of hydrogen-bond donors (Lipinski definition) is 1. The molecule has 1 N–H and O–H groups in total. The van der Waals surface area contributed by atoms with Gasteiger partial charge in [0.15, 0.2) is 0 Å². The van der Waals surface area contributed by atoms with Crippen LogP contribution in [0.2, 0.25) is 0 Å². The van der Waals surface area contributed by atoms with Gasteiger partial charge in [0.05, 0.1) is 6.42 Å². The van der Waals surface area contributed by atoms with Gasteiger partial charge < -0.3 is 9.84 Å². The van der Waals surface area contributed by atoms with Gasteiger partial charge in [-0.05, 0) is 24.3 Å². The summed E-state index contributed by atoms with van der Waals surface area (Å²) in [5, 5.41) is 8.89. The number of hydrogen-bond acceptors (Lipinski definition) is 2. The second kappa shape index (κ2) is 6.20. The Morgan fingerprint density at radius 1 is 0.833 bits per heavy atom. The molecule has 0 fully saturated rings. The Hall–Kier alpha value is -1.88. The number of benzene rings is 1. The summed E-state index contributed by atoms with van der Waals surface area (Å²) in [5.74, 6) is -21.0. The van der Waals surface area contributed by atoms with Crippen LogP contribution in [0.4, 0.5) is 43.9 Å². The Balaban J connectivity index is 2.92. The Kier molecular flexibility index (Phi) is 5.21. The van der Waals surface area contributed by atoms with Crippen LogP contribution in [0, 0.1) is 0 Å². The van der Waals surface area contributed by atoms with E-state index in [-0.39, 0.29) is 5.75 Å². The number of phenols is 1. The summed E-state index contributed by atoms with van der Waals surface area (Å²) in [5.41, 5.74) is 0. The van der Waals surface area contributed by atoms with Crippen molar-refractivity contribution in [3.8, 4) is 11.5 Å². The van der Waals surface area contributed by atoms with E-state index in [1.54, 1.807) is 0 Å². The maximum absolute atomic E-state index is 13.3. The molecule has 0 amide bonds. The molecule has 0 aliphatic rings. The monoisotopic (exact) mass is 374 g/mol. The van der Waals surface area contributed by atoms with Gasteiger partial charge in [0.25, 0.3) is 0 Å². The Labute approximate surface area is 127 Å². The lowest BCUT2D eigenvalue weighted by Gasteiger charge is -2.34. The SMILES string of the molecule is Oc1ccc(OC(F)CC(F)(F)C(F)(F)C(F)(F)C(F)(F)F)cc1. The minimum atomic E-state index is -7.08. The lowest BCUT2D eigenvalue weighted by atomic mass is 10.0. The molecule has 0 saturated carbocycles. The number of ether oxygens (including phenoxy) is 1. The molecule has 0 aliphatic heterocycles. The van der Waals surface area contributed by atoms with E-state index in [2.05, 4.69) is 4.74 Å². The fourth-order valence-electron chi connectivity index (χ4n) is 1.45. The smallest absolute Gasteiger partial charge is 0.460 e. The van der Waals surface area contributed by atoms with Gasteiger partial charge in [-0.25, -0.2) is 4.39 Å². The maximum Gasteiger partial charge on any atom is 0.460 e. The van der Waals surface area contributed by atoms with Crippen molar-refractivity contribution >= 4 is 0 Å². The van der Waals surface area contributed by atoms with E-state index in [0.717, 1.165) is 24.3 Å². The summed E-state index contributed by atoms with van der Waals surface area (Å²) in [7, 11) is 0. The van der Waals surface area contributed by atoms with Crippen LogP contribution in [0.3, 0.4) is 0 Å². The fourth-order valence-corrected chi connectivity index (χ4v) is 1.45. The van der Waals surface area contributed by atoms with Crippen molar-refractivity contribution in [2.75, 3.05) is 0 Å². The normalized spacial score (nSPS) is 15.2. The van der Waals surface area contributed by atoms with Crippen molar-refractivity contribution in [1.82, 2.24) is 0 Å². The average molecular weight is 374 g/mol. The molecule has 138 valence electrons. The molecule has 0 saturated heterocycles. The van der Waals surface area contributed by atoms with E-state index in [1.165, 1.54) is 0 Å². The van der Waals surface area contributed by atoms with Crippen LogP contribution in [0.1, 0.15) is 6.42 Å². The zero-order valence-electron chi connectivity index (χ0n) is 11.2. The fraction of sp³-hybridized carbons (Fsp3) is 0.500. The van der Waals surface area contributed by atoms with Crippen molar-refractivity contribution in [3.05, 3.63) is 24.3 Å².